The summed E-state index contributed by atoms with van der Waals surface area (Å²) in [7, 11) is 0. The lowest BCUT2D eigenvalue weighted by molar-refractivity contribution is -0.141. The standard InChI is InChI=1S/C20H16O6/c1-13-17(26-20(23)15-10-6-3-7-11-15)16(25-18(13)21)12-24-19(22)14-8-4-2-5-9-14/h2-11,16-17H,1,12H2/t16?,17-/m0/s1. The van der Waals surface area contributed by atoms with Gasteiger partial charge in [-0.2, -0.15) is 0 Å². The third-order valence-corrected chi connectivity index (χ3v) is 3.83. The van der Waals surface area contributed by atoms with Crippen LogP contribution in [0.4, 0.5) is 0 Å². The molecule has 0 bridgehead atoms. The second kappa shape index (κ2) is 7.65. The molecule has 1 aliphatic rings. The molecule has 3 rings (SSSR count). The Kier molecular flexibility index (Phi) is 5.12. The molecule has 0 radical (unpaired) electrons. The topological polar surface area (TPSA) is 78.9 Å². The molecule has 0 aliphatic carbocycles. The highest BCUT2D eigenvalue weighted by molar-refractivity contribution is 5.94. The summed E-state index contributed by atoms with van der Waals surface area (Å²) in [5.74, 6) is -1.86. The number of carbonyl (C=O) groups excluding carboxylic acids is 3. The van der Waals surface area contributed by atoms with Crippen LogP contribution in [-0.4, -0.2) is 36.7 Å². The molecule has 2 atom stereocenters. The van der Waals surface area contributed by atoms with E-state index in [2.05, 4.69) is 6.58 Å². The number of cyclic esters (lactones) is 1. The third-order valence-electron chi connectivity index (χ3n) is 3.83. The van der Waals surface area contributed by atoms with Gasteiger partial charge < -0.3 is 14.2 Å². The monoisotopic (exact) mass is 352 g/mol. The minimum Gasteiger partial charge on any atom is -0.458 e. The molecule has 1 unspecified atom stereocenters. The van der Waals surface area contributed by atoms with Gasteiger partial charge in [-0.3, -0.25) is 0 Å². The largest absolute Gasteiger partial charge is 0.458 e. The first kappa shape index (κ1) is 17.4. The Morgan fingerprint density at radius 1 is 0.923 bits per heavy atom. The highest BCUT2D eigenvalue weighted by atomic mass is 16.6. The molecule has 1 fully saturated rings. The van der Waals surface area contributed by atoms with Crippen LogP contribution < -0.4 is 0 Å². The Balaban J connectivity index is 1.65. The van der Waals surface area contributed by atoms with Gasteiger partial charge in [-0.1, -0.05) is 43.0 Å². The molecule has 0 spiro atoms. The summed E-state index contributed by atoms with van der Waals surface area (Å²) in [5, 5.41) is 0. The van der Waals surface area contributed by atoms with Crippen LogP contribution in [0.15, 0.2) is 72.8 Å². The molecule has 1 heterocycles. The van der Waals surface area contributed by atoms with Crippen molar-refractivity contribution in [1.29, 1.82) is 0 Å². The second-order valence-electron chi connectivity index (χ2n) is 5.63. The maximum absolute atomic E-state index is 12.2. The van der Waals surface area contributed by atoms with Crippen molar-refractivity contribution >= 4 is 17.9 Å². The van der Waals surface area contributed by atoms with E-state index in [1.807, 2.05) is 0 Å². The predicted octanol–water partition coefficient (Wildman–Crippen LogP) is 2.55. The lowest BCUT2D eigenvalue weighted by Crippen LogP contribution is -2.33. The Bertz CT molecular complexity index is 828. The number of carbonyl (C=O) groups is 3. The molecule has 1 aliphatic heterocycles. The van der Waals surface area contributed by atoms with Crippen LogP contribution in [0.2, 0.25) is 0 Å². The first-order valence-corrected chi connectivity index (χ1v) is 7.94. The van der Waals surface area contributed by atoms with Gasteiger partial charge in [0.05, 0.1) is 16.7 Å². The molecule has 0 saturated carbocycles. The van der Waals surface area contributed by atoms with Crippen LogP contribution in [0.5, 0.6) is 0 Å². The van der Waals surface area contributed by atoms with Gasteiger partial charge in [-0.15, -0.1) is 0 Å². The predicted molar refractivity (Wildman–Crippen MR) is 91.4 cm³/mol. The Labute approximate surface area is 150 Å². The van der Waals surface area contributed by atoms with Gasteiger partial charge in [0, 0.05) is 0 Å². The van der Waals surface area contributed by atoms with Gasteiger partial charge in [0.25, 0.3) is 0 Å². The molecule has 132 valence electrons. The fourth-order valence-electron chi connectivity index (χ4n) is 2.46. The van der Waals surface area contributed by atoms with Crippen LogP contribution >= 0.6 is 0 Å². The quantitative estimate of drug-likeness (QED) is 0.467. The molecule has 0 N–H and O–H groups in total. The van der Waals surface area contributed by atoms with Crippen molar-refractivity contribution < 1.29 is 28.6 Å². The lowest BCUT2D eigenvalue weighted by atomic mass is 10.1. The summed E-state index contributed by atoms with van der Waals surface area (Å²) < 4.78 is 15.6. The summed E-state index contributed by atoms with van der Waals surface area (Å²) in [5.41, 5.74) is 0.711. The molecule has 1 saturated heterocycles. The normalized spacial score (nSPS) is 18.9. The molecule has 2 aromatic carbocycles. The zero-order valence-corrected chi connectivity index (χ0v) is 13.8. The van der Waals surface area contributed by atoms with Crippen molar-refractivity contribution in [3.8, 4) is 0 Å². The smallest absolute Gasteiger partial charge is 0.338 e. The van der Waals surface area contributed by atoms with E-state index in [1.165, 1.54) is 0 Å². The second-order valence-corrected chi connectivity index (χ2v) is 5.63. The summed E-state index contributed by atoms with van der Waals surface area (Å²) in [6.45, 7) is 3.36. The van der Waals surface area contributed by atoms with E-state index >= 15 is 0 Å². The van der Waals surface area contributed by atoms with Crippen LogP contribution in [0.25, 0.3) is 0 Å². The number of benzene rings is 2. The van der Waals surface area contributed by atoms with Crippen molar-refractivity contribution in [2.75, 3.05) is 6.61 Å². The average molecular weight is 352 g/mol. The van der Waals surface area contributed by atoms with Crippen LogP contribution in [-0.2, 0) is 19.0 Å². The van der Waals surface area contributed by atoms with Gasteiger partial charge in [0.1, 0.15) is 6.61 Å². The van der Waals surface area contributed by atoms with Crippen LogP contribution in [0.1, 0.15) is 20.7 Å². The molecular weight excluding hydrogens is 336 g/mol. The fraction of sp³-hybridized carbons (Fsp3) is 0.150. The number of hydrogen-bond acceptors (Lipinski definition) is 6. The van der Waals surface area contributed by atoms with E-state index in [0.29, 0.717) is 11.1 Å². The van der Waals surface area contributed by atoms with E-state index < -0.39 is 30.1 Å². The molecule has 26 heavy (non-hydrogen) atoms. The Hall–Kier alpha value is -3.41. The molecular formula is C20H16O6. The number of esters is 3. The van der Waals surface area contributed by atoms with E-state index in [4.69, 9.17) is 14.2 Å². The Morgan fingerprint density at radius 3 is 2.04 bits per heavy atom. The van der Waals surface area contributed by atoms with Crippen molar-refractivity contribution in [2.45, 2.75) is 12.2 Å². The van der Waals surface area contributed by atoms with E-state index in [-0.39, 0.29) is 12.2 Å². The van der Waals surface area contributed by atoms with Crippen molar-refractivity contribution in [3.63, 3.8) is 0 Å². The average Bonchev–Trinajstić information content (AvgIpc) is 2.95. The van der Waals surface area contributed by atoms with Gasteiger partial charge >= 0.3 is 17.9 Å². The minimum atomic E-state index is -1.02. The Morgan fingerprint density at radius 2 is 1.46 bits per heavy atom. The van der Waals surface area contributed by atoms with Crippen molar-refractivity contribution in [2.24, 2.45) is 0 Å². The van der Waals surface area contributed by atoms with Crippen molar-refractivity contribution in [1.82, 2.24) is 0 Å². The minimum absolute atomic E-state index is 0.00930. The molecule has 0 aromatic heterocycles. The molecule has 0 amide bonds. The summed E-state index contributed by atoms with van der Waals surface area (Å²) in [4.78, 5) is 36.0. The summed E-state index contributed by atoms with van der Waals surface area (Å²) in [6.07, 6.45) is -1.95. The molecule has 2 aromatic rings. The number of hydrogen-bond donors (Lipinski definition) is 0. The highest BCUT2D eigenvalue weighted by Crippen LogP contribution is 2.24. The molecule has 6 heteroatoms. The molecule has 6 nitrogen and oxygen atoms in total. The SMILES string of the molecule is C=C1C(=O)OC(COC(=O)c2ccccc2)[C@H]1OC(=O)c1ccccc1. The first-order valence-electron chi connectivity index (χ1n) is 7.94. The highest BCUT2D eigenvalue weighted by Gasteiger charge is 2.42. The zero-order valence-electron chi connectivity index (χ0n) is 13.8. The van der Waals surface area contributed by atoms with Gasteiger partial charge in [-0.05, 0) is 24.3 Å². The van der Waals surface area contributed by atoms with E-state index in [9.17, 15) is 14.4 Å². The number of rotatable bonds is 5. The van der Waals surface area contributed by atoms with Gasteiger partial charge in [-0.25, -0.2) is 14.4 Å². The summed E-state index contributed by atoms with van der Waals surface area (Å²) in [6, 6.07) is 16.7. The fourth-order valence-corrected chi connectivity index (χ4v) is 2.46. The summed E-state index contributed by atoms with van der Waals surface area (Å²) >= 11 is 0. The number of ether oxygens (including phenoxy) is 3. The van der Waals surface area contributed by atoms with Gasteiger partial charge in [0.15, 0.2) is 12.2 Å². The van der Waals surface area contributed by atoms with Crippen LogP contribution in [0, 0.1) is 0 Å². The lowest BCUT2D eigenvalue weighted by Gasteiger charge is -2.18. The maximum atomic E-state index is 12.2. The van der Waals surface area contributed by atoms with E-state index in [1.54, 1.807) is 60.7 Å². The van der Waals surface area contributed by atoms with Gasteiger partial charge in [0.2, 0.25) is 0 Å². The first-order chi connectivity index (χ1) is 12.6. The zero-order chi connectivity index (χ0) is 18.5. The van der Waals surface area contributed by atoms with Crippen LogP contribution in [0.3, 0.4) is 0 Å². The third kappa shape index (κ3) is 3.80. The van der Waals surface area contributed by atoms with Crippen molar-refractivity contribution in [3.05, 3.63) is 83.9 Å². The van der Waals surface area contributed by atoms with E-state index in [0.717, 1.165) is 0 Å². The maximum Gasteiger partial charge on any atom is 0.338 e.